The maximum absolute atomic E-state index is 13.5. The second-order valence-corrected chi connectivity index (χ2v) is 3.80. The zero-order chi connectivity index (χ0) is 11.7. The number of hydrogen-bond donors (Lipinski definition) is 1. The van der Waals surface area contributed by atoms with Crippen LogP contribution in [0.25, 0.3) is 0 Å². The molecule has 0 bridgehead atoms. The monoisotopic (exact) mass is 214 g/mol. The van der Waals surface area contributed by atoms with Crippen molar-refractivity contribution in [3.05, 3.63) is 30.1 Å². The van der Waals surface area contributed by atoms with Crippen LogP contribution in [0.15, 0.2) is 24.5 Å². The van der Waals surface area contributed by atoms with E-state index in [-0.39, 0.29) is 0 Å². The van der Waals surface area contributed by atoms with E-state index in [4.69, 9.17) is 0 Å². The van der Waals surface area contributed by atoms with E-state index in [2.05, 4.69) is 10.7 Å². The number of halogens is 2. The minimum absolute atomic E-state index is 0.321. The summed E-state index contributed by atoms with van der Waals surface area (Å²) in [4.78, 5) is 14.4. The SMILES string of the molecule is CC(C)(c1ccncc1)C(F)(F)C(N)=O. The molecule has 0 spiro atoms. The van der Waals surface area contributed by atoms with Gasteiger partial charge in [-0.3, -0.25) is 9.78 Å². The number of nitrogens with zero attached hydrogens (tertiary/aromatic N) is 1. The van der Waals surface area contributed by atoms with E-state index in [0.29, 0.717) is 5.56 Å². The van der Waals surface area contributed by atoms with E-state index in [1.165, 1.54) is 38.4 Å². The first-order valence-electron chi connectivity index (χ1n) is 4.38. The summed E-state index contributed by atoms with van der Waals surface area (Å²) in [6.07, 6.45) is 2.79. The molecular formula is C10H12F2N2O. The highest BCUT2D eigenvalue weighted by atomic mass is 19.3. The van der Waals surface area contributed by atoms with Crippen molar-refractivity contribution in [2.24, 2.45) is 5.73 Å². The van der Waals surface area contributed by atoms with E-state index < -0.39 is 17.2 Å². The molecule has 1 rings (SSSR count). The Balaban J connectivity index is 3.19. The Morgan fingerprint density at radius 3 is 2.20 bits per heavy atom. The molecule has 1 aromatic rings. The Hall–Kier alpha value is -1.52. The molecule has 0 radical (unpaired) electrons. The summed E-state index contributed by atoms with van der Waals surface area (Å²) in [7, 11) is 0. The molecule has 5 heteroatoms. The number of rotatable bonds is 3. The van der Waals surface area contributed by atoms with Crippen LogP contribution in [0.1, 0.15) is 19.4 Å². The molecule has 0 aliphatic heterocycles. The van der Waals surface area contributed by atoms with E-state index >= 15 is 0 Å². The Bertz CT molecular complexity index is 363. The van der Waals surface area contributed by atoms with Gasteiger partial charge in [0.1, 0.15) is 0 Å². The molecule has 1 aromatic heterocycles. The molecule has 0 aliphatic rings. The number of nitrogens with two attached hydrogens (primary N) is 1. The Morgan fingerprint density at radius 1 is 1.33 bits per heavy atom. The van der Waals surface area contributed by atoms with Gasteiger partial charge in [0.2, 0.25) is 0 Å². The van der Waals surface area contributed by atoms with Crippen LogP contribution in [-0.4, -0.2) is 16.8 Å². The van der Waals surface area contributed by atoms with Gasteiger partial charge in [-0.2, -0.15) is 8.78 Å². The lowest BCUT2D eigenvalue weighted by Gasteiger charge is -2.31. The fraction of sp³-hybridized carbons (Fsp3) is 0.400. The van der Waals surface area contributed by atoms with E-state index in [0.717, 1.165) is 0 Å². The fourth-order valence-electron chi connectivity index (χ4n) is 1.26. The van der Waals surface area contributed by atoms with Crippen molar-refractivity contribution in [2.45, 2.75) is 25.2 Å². The van der Waals surface area contributed by atoms with Crippen LogP contribution in [0.5, 0.6) is 0 Å². The number of amides is 1. The zero-order valence-corrected chi connectivity index (χ0v) is 8.50. The van der Waals surface area contributed by atoms with Crippen LogP contribution in [0.3, 0.4) is 0 Å². The molecule has 0 aliphatic carbocycles. The van der Waals surface area contributed by atoms with Gasteiger partial charge in [-0.05, 0) is 31.5 Å². The van der Waals surface area contributed by atoms with Gasteiger partial charge in [-0.25, -0.2) is 0 Å². The molecule has 1 heterocycles. The summed E-state index contributed by atoms with van der Waals surface area (Å²) < 4.78 is 27.0. The molecule has 0 aromatic carbocycles. The predicted octanol–water partition coefficient (Wildman–Crippen LogP) is 1.48. The number of carbonyl (C=O) groups is 1. The van der Waals surface area contributed by atoms with Crippen molar-refractivity contribution < 1.29 is 13.6 Å². The van der Waals surface area contributed by atoms with Gasteiger partial charge in [0.25, 0.3) is 5.91 Å². The summed E-state index contributed by atoms with van der Waals surface area (Å²) in [6, 6.07) is 2.88. The summed E-state index contributed by atoms with van der Waals surface area (Å²) >= 11 is 0. The molecule has 0 saturated heterocycles. The van der Waals surface area contributed by atoms with Crippen LogP contribution in [0, 0.1) is 0 Å². The van der Waals surface area contributed by atoms with Crippen LogP contribution < -0.4 is 5.73 Å². The van der Waals surface area contributed by atoms with Crippen LogP contribution in [-0.2, 0) is 10.2 Å². The highest BCUT2D eigenvalue weighted by molar-refractivity contribution is 5.83. The first-order chi connectivity index (χ1) is 6.80. The minimum Gasteiger partial charge on any atom is -0.364 e. The van der Waals surface area contributed by atoms with E-state index in [1.807, 2.05) is 0 Å². The van der Waals surface area contributed by atoms with Gasteiger partial charge in [0, 0.05) is 12.4 Å². The smallest absolute Gasteiger partial charge is 0.333 e. The summed E-state index contributed by atoms with van der Waals surface area (Å²) in [5.74, 6) is -5.21. The maximum atomic E-state index is 13.5. The lowest BCUT2D eigenvalue weighted by Crippen LogP contribution is -2.50. The number of carbonyl (C=O) groups excluding carboxylic acids is 1. The second-order valence-electron chi connectivity index (χ2n) is 3.80. The summed E-state index contributed by atoms with van der Waals surface area (Å²) in [5.41, 5.74) is 3.37. The maximum Gasteiger partial charge on any atom is 0.333 e. The van der Waals surface area contributed by atoms with Gasteiger partial charge in [0.15, 0.2) is 0 Å². The van der Waals surface area contributed by atoms with Crippen LogP contribution in [0.2, 0.25) is 0 Å². The summed E-state index contributed by atoms with van der Waals surface area (Å²) in [5, 5.41) is 0. The number of alkyl halides is 2. The van der Waals surface area contributed by atoms with Gasteiger partial charge >= 0.3 is 5.92 Å². The minimum atomic E-state index is -3.59. The molecule has 0 fully saturated rings. The second kappa shape index (κ2) is 3.56. The van der Waals surface area contributed by atoms with Gasteiger partial charge in [-0.15, -0.1) is 0 Å². The average molecular weight is 214 g/mol. The quantitative estimate of drug-likeness (QED) is 0.828. The van der Waals surface area contributed by atoms with Crippen molar-refractivity contribution in [2.75, 3.05) is 0 Å². The zero-order valence-electron chi connectivity index (χ0n) is 8.50. The van der Waals surface area contributed by atoms with Crippen LogP contribution in [0.4, 0.5) is 8.78 Å². The van der Waals surface area contributed by atoms with Crippen molar-refractivity contribution in [1.29, 1.82) is 0 Å². The standard InChI is InChI=1S/C10H12F2N2O/c1-9(2,10(11,12)8(13)15)7-3-5-14-6-4-7/h3-6H,1-2H3,(H2,13,15). The Morgan fingerprint density at radius 2 is 1.80 bits per heavy atom. The Kier molecular flexibility index (Phi) is 2.75. The normalized spacial score (nSPS) is 12.5. The molecule has 82 valence electrons. The molecule has 3 nitrogen and oxygen atoms in total. The first kappa shape index (κ1) is 11.6. The lowest BCUT2D eigenvalue weighted by molar-refractivity contribution is -0.151. The van der Waals surface area contributed by atoms with Crippen molar-refractivity contribution in [3.8, 4) is 0 Å². The third kappa shape index (κ3) is 1.82. The van der Waals surface area contributed by atoms with Crippen molar-refractivity contribution in [1.82, 2.24) is 4.98 Å². The molecule has 0 saturated carbocycles. The topological polar surface area (TPSA) is 56.0 Å². The summed E-state index contributed by atoms with van der Waals surface area (Å²) in [6.45, 7) is 2.54. The van der Waals surface area contributed by atoms with E-state index in [1.54, 1.807) is 0 Å². The van der Waals surface area contributed by atoms with Gasteiger partial charge < -0.3 is 5.73 Å². The third-order valence-electron chi connectivity index (χ3n) is 2.50. The van der Waals surface area contributed by atoms with Crippen LogP contribution >= 0.6 is 0 Å². The van der Waals surface area contributed by atoms with Gasteiger partial charge in [0.05, 0.1) is 5.41 Å². The lowest BCUT2D eigenvalue weighted by atomic mass is 9.78. The average Bonchev–Trinajstić information content (AvgIpc) is 2.18. The fourth-order valence-corrected chi connectivity index (χ4v) is 1.26. The predicted molar refractivity (Wildman–Crippen MR) is 51.4 cm³/mol. The first-order valence-corrected chi connectivity index (χ1v) is 4.38. The highest BCUT2D eigenvalue weighted by Gasteiger charge is 2.52. The molecule has 1 amide bonds. The van der Waals surface area contributed by atoms with Crippen molar-refractivity contribution >= 4 is 5.91 Å². The third-order valence-corrected chi connectivity index (χ3v) is 2.50. The number of pyridine rings is 1. The molecule has 15 heavy (non-hydrogen) atoms. The number of aromatic nitrogens is 1. The molecule has 0 atom stereocenters. The largest absolute Gasteiger partial charge is 0.364 e. The molecular weight excluding hydrogens is 202 g/mol. The number of primary amides is 1. The molecule has 0 unspecified atom stereocenters. The Labute approximate surface area is 86.3 Å². The van der Waals surface area contributed by atoms with E-state index in [9.17, 15) is 13.6 Å². The number of hydrogen-bond acceptors (Lipinski definition) is 2. The highest BCUT2D eigenvalue weighted by Crippen LogP contribution is 2.38. The van der Waals surface area contributed by atoms with Crippen molar-refractivity contribution in [3.63, 3.8) is 0 Å². The van der Waals surface area contributed by atoms with Gasteiger partial charge in [-0.1, -0.05) is 0 Å². The molecule has 2 N–H and O–H groups in total.